The third-order valence-electron chi connectivity index (χ3n) is 3.21. The summed E-state index contributed by atoms with van der Waals surface area (Å²) in [6.45, 7) is 3.05. The molecule has 1 heterocycles. The van der Waals surface area contributed by atoms with Gasteiger partial charge in [0, 0.05) is 12.2 Å². The Morgan fingerprint density at radius 1 is 1.25 bits per heavy atom. The molecule has 0 unspecified atom stereocenters. The van der Waals surface area contributed by atoms with Gasteiger partial charge in [0.2, 0.25) is 0 Å². The Morgan fingerprint density at radius 2 is 2.12 bits per heavy atom. The van der Waals surface area contributed by atoms with E-state index in [1.54, 1.807) is 0 Å². The van der Waals surface area contributed by atoms with Crippen LogP contribution < -0.4 is 10.6 Å². The predicted octanol–water partition coefficient (Wildman–Crippen LogP) is 0.988. The molecule has 0 amide bonds. The fourth-order valence-electron chi connectivity index (χ4n) is 2.29. The lowest BCUT2D eigenvalue weighted by Crippen LogP contribution is -2.20. The summed E-state index contributed by atoms with van der Waals surface area (Å²) in [6.07, 6.45) is 6.19. The maximum absolute atomic E-state index is 4.41. The molecule has 90 valence electrons. The van der Waals surface area contributed by atoms with E-state index in [9.17, 15) is 0 Å². The van der Waals surface area contributed by atoms with Gasteiger partial charge in [0.15, 0.2) is 0 Å². The molecule has 4 nitrogen and oxygen atoms in total. The van der Waals surface area contributed by atoms with Crippen LogP contribution in [0.2, 0.25) is 0 Å². The highest BCUT2D eigenvalue weighted by Gasteiger charge is 2.15. The molecular formula is C12H22N4. The van der Waals surface area contributed by atoms with Gasteiger partial charge in [-0.25, -0.2) is 0 Å². The minimum atomic E-state index is 0.912. The summed E-state index contributed by atoms with van der Waals surface area (Å²) in [5, 5.41) is 14.2. The van der Waals surface area contributed by atoms with Crippen molar-refractivity contribution in [2.75, 3.05) is 20.1 Å². The maximum Gasteiger partial charge on any atom is 0.0794 e. The SMILES string of the molecule is CNCCCNCc1n[nH]c2c1CCCC2. The summed E-state index contributed by atoms with van der Waals surface area (Å²) in [4.78, 5) is 0. The summed E-state index contributed by atoms with van der Waals surface area (Å²) < 4.78 is 0. The number of aromatic nitrogens is 2. The van der Waals surface area contributed by atoms with Crippen molar-refractivity contribution in [1.82, 2.24) is 20.8 Å². The van der Waals surface area contributed by atoms with E-state index in [2.05, 4.69) is 20.8 Å². The highest BCUT2D eigenvalue weighted by molar-refractivity contribution is 5.27. The number of fused-ring (bicyclic) bond motifs is 1. The van der Waals surface area contributed by atoms with Gasteiger partial charge < -0.3 is 10.6 Å². The van der Waals surface area contributed by atoms with Gasteiger partial charge in [-0.05, 0) is 57.8 Å². The molecule has 0 aromatic carbocycles. The average Bonchev–Trinajstić information content (AvgIpc) is 2.73. The lowest BCUT2D eigenvalue weighted by atomic mass is 9.96. The summed E-state index contributed by atoms with van der Waals surface area (Å²) in [6, 6.07) is 0. The number of aryl methyl sites for hydroxylation is 1. The number of rotatable bonds is 6. The van der Waals surface area contributed by atoms with Gasteiger partial charge in [-0.1, -0.05) is 0 Å². The molecule has 0 radical (unpaired) electrons. The highest BCUT2D eigenvalue weighted by atomic mass is 15.1. The van der Waals surface area contributed by atoms with Crippen LogP contribution in [0, 0.1) is 0 Å². The van der Waals surface area contributed by atoms with Gasteiger partial charge in [0.25, 0.3) is 0 Å². The summed E-state index contributed by atoms with van der Waals surface area (Å²) >= 11 is 0. The summed E-state index contributed by atoms with van der Waals surface area (Å²) in [5.74, 6) is 0. The monoisotopic (exact) mass is 222 g/mol. The smallest absolute Gasteiger partial charge is 0.0794 e. The molecule has 1 aromatic rings. The Bertz CT molecular complexity index is 319. The van der Waals surface area contributed by atoms with E-state index in [1.807, 2.05) is 7.05 Å². The van der Waals surface area contributed by atoms with E-state index in [4.69, 9.17) is 0 Å². The summed E-state index contributed by atoms with van der Waals surface area (Å²) in [7, 11) is 1.99. The van der Waals surface area contributed by atoms with Crippen molar-refractivity contribution in [2.45, 2.75) is 38.6 Å². The number of nitrogens with one attached hydrogen (secondary N) is 3. The third-order valence-corrected chi connectivity index (χ3v) is 3.21. The van der Waals surface area contributed by atoms with Gasteiger partial charge in [-0.15, -0.1) is 0 Å². The Balaban J connectivity index is 1.78. The second-order valence-corrected chi connectivity index (χ2v) is 4.47. The zero-order valence-corrected chi connectivity index (χ0v) is 10.1. The maximum atomic E-state index is 4.41. The number of hydrogen-bond acceptors (Lipinski definition) is 3. The van der Waals surface area contributed by atoms with Crippen LogP contribution in [-0.4, -0.2) is 30.3 Å². The third kappa shape index (κ3) is 2.83. The average molecular weight is 222 g/mol. The minimum Gasteiger partial charge on any atom is -0.320 e. The fourth-order valence-corrected chi connectivity index (χ4v) is 2.29. The van der Waals surface area contributed by atoms with Gasteiger partial charge in [0.1, 0.15) is 0 Å². The van der Waals surface area contributed by atoms with E-state index >= 15 is 0 Å². The molecule has 0 bridgehead atoms. The van der Waals surface area contributed by atoms with E-state index in [-0.39, 0.29) is 0 Å². The summed E-state index contributed by atoms with van der Waals surface area (Å²) in [5.41, 5.74) is 4.09. The van der Waals surface area contributed by atoms with E-state index < -0.39 is 0 Å². The lowest BCUT2D eigenvalue weighted by Gasteiger charge is -2.11. The zero-order chi connectivity index (χ0) is 11.2. The lowest BCUT2D eigenvalue weighted by molar-refractivity contribution is 0.612. The van der Waals surface area contributed by atoms with Crippen LogP contribution in [0.5, 0.6) is 0 Å². The van der Waals surface area contributed by atoms with Crippen molar-refractivity contribution in [3.63, 3.8) is 0 Å². The quantitative estimate of drug-likeness (QED) is 0.629. The number of nitrogens with zero attached hydrogens (tertiary/aromatic N) is 1. The van der Waals surface area contributed by atoms with Crippen molar-refractivity contribution < 1.29 is 0 Å². The zero-order valence-electron chi connectivity index (χ0n) is 10.1. The Labute approximate surface area is 97.2 Å². The van der Waals surface area contributed by atoms with Crippen LogP contribution in [-0.2, 0) is 19.4 Å². The van der Waals surface area contributed by atoms with Crippen molar-refractivity contribution >= 4 is 0 Å². The number of hydrogen-bond donors (Lipinski definition) is 3. The van der Waals surface area contributed by atoms with Crippen molar-refractivity contribution in [3.05, 3.63) is 17.0 Å². The Hall–Kier alpha value is -0.870. The predicted molar refractivity (Wildman–Crippen MR) is 65.5 cm³/mol. The molecule has 0 aliphatic heterocycles. The second kappa shape index (κ2) is 6.01. The molecule has 1 aliphatic rings. The highest BCUT2D eigenvalue weighted by Crippen LogP contribution is 2.21. The minimum absolute atomic E-state index is 0.912. The normalized spacial score (nSPS) is 15.1. The van der Waals surface area contributed by atoms with Crippen LogP contribution in [0.1, 0.15) is 36.2 Å². The fraction of sp³-hybridized carbons (Fsp3) is 0.750. The number of H-pyrrole nitrogens is 1. The van der Waals surface area contributed by atoms with E-state index in [1.165, 1.54) is 49.1 Å². The van der Waals surface area contributed by atoms with Gasteiger partial charge in [-0.3, -0.25) is 5.10 Å². The second-order valence-electron chi connectivity index (χ2n) is 4.47. The number of aromatic amines is 1. The van der Waals surface area contributed by atoms with Crippen molar-refractivity contribution in [3.8, 4) is 0 Å². The molecule has 2 rings (SSSR count). The molecule has 3 N–H and O–H groups in total. The molecule has 0 atom stereocenters. The van der Waals surface area contributed by atoms with E-state index in [0.717, 1.165) is 19.6 Å². The van der Waals surface area contributed by atoms with Crippen LogP contribution >= 0.6 is 0 Å². The molecule has 16 heavy (non-hydrogen) atoms. The molecule has 1 aliphatic carbocycles. The standard InChI is InChI=1S/C12H22N4/c1-13-7-4-8-14-9-12-10-5-2-3-6-11(10)15-16-12/h13-14H,2-9H2,1H3,(H,15,16). The molecular weight excluding hydrogens is 200 g/mol. The van der Waals surface area contributed by atoms with Crippen molar-refractivity contribution in [2.24, 2.45) is 0 Å². The first-order chi connectivity index (χ1) is 7.92. The Kier molecular flexibility index (Phi) is 4.36. The van der Waals surface area contributed by atoms with Gasteiger partial charge in [0.05, 0.1) is 5.69 Å². The first-order valence-corrected chi connectivity index (χ1v) is 6.32. The molecule has 4 heteroatoms. The Morgan fingerprint density at radius 3 is 3.00 bits per heavy atom. The van der Waals surface area contributed by atoms with Crippen molar-refractivity contribution in [1.29, 1.82) is 0 Å². The first kappa shape index (κ1) is 11.6. The van der Waals surface area contributed by atoms with Crippen LogP contribution in [0.25, 0.3) is 0 Å². The molecule has 0 saturated carbocycles. The van der Waals surface area contributed by atoms with Gasteiger partial charge >= 0.3 is 0 Å². The molecule has 0 spiro atoms. The van der Waals surface area contributed by atoms with E-state index in [0.29, 0.717) is 0 Å². The van der Waals surface area contributed by atoms with Crippen LogP contribution in [0.3, 0.4) is 0 Å². The molecule has 0 fully saturated rings. The van der Waals surface area contributed by atoms with Crippen LogP contribution in [0.15, 0.2) is 0 Å². The first-order valence-electron chi connectivity index (χ1n) is 6.32. The topological polar surface area (TPSA) is 52.7 Å². The molecule has 1 aromatic heterocycles. The molecule has 0 saturated heterocycles. The largest absolute Gasteiger partial charge is 0.320 e. The van der Waals surface area contributed by atoms with Gasteiger partial charge in [-0.2, -0.15) is 5.10 Å². The van der Waals surface area contributed by atoms with Crippen LogP contribution in [0.4, 0.5) is 0 Å².